The number of unbranched alkanes of at least 4 members (excludes halogenated alkanes) is 2. The topological polar surface area (TPSA) is 34.2 Å². The summed E-state index contributed by atoms with van der Waals surface area (Å²) in [6.07, 6.45) is 4.34. The second-order valence-electron chi connectivity index (χ2n) is 6.34. The first-order valence-corrected chi connectivity index (χ1v) is 9.29. The fourth-order valence-corrected chi connectivity index (χ4v) is 2.79. The van der Waals surface area contributed by atoms with Crippen LogP contribution in [0.4, 0.5) is 0 Å². The third-order valence-electron chi connectivity index (χ3n) is 4.28. The predicted molar refractivity (Wildman–Crippen MR) is 105 cm³/mol. The number of nitrogens with one attached hydrogen (secondary N) is 1. The third-order valence-corrected chi connectivity index (χ3v) is 4.28. The van der Waals surface area contributed by atoms with Crippen molar-refractivity contribution in [3.05, 3.63) is 48.5 Å². The number of ether oxygens (including phenoxy) is 2. The van der Waals surface area contributed by atoms with E-state index < -0.39 is 0 Å². The highest BCUT2D eigenvalue weighted by Crippen LogP contribution is 2.35. The van der Waals surface area contributed by atoms with Crippen LogP contribution in [0.5, 0.6) is 11.5 Å². The van der Waals surface area contributed by atoms with Gasteiger partial charge in [-0.1, -0.05) is 57.0 Å². The van der Waals surface area contributed by atoms with Gasteiger partial charge in [-0.3, -0.25) is 0 Å². The van der Waals surface area contributed by atoms with Crippen molar-refractivity contribution in [3.8, 4) is 22.8 Å². The molecule has 0 aliphatic carbocycles. The zero-order chi connectivity index (χ0) is 17.5. The number of H-pyrrole nitrogens is 1. The summed E-state index contributed by atoms with van der Waals surface area (Å²) in [5, 5.41) is 1.15. The van der Waals surface area contributed by atoms with Crippen LogP contribution in [-0.2, 0) is 0 Å². The van der Waals surface area contributed by atoms with Crippen LogP contribution in [0.15, 0.2) is 48.5 Å². The van der Waals surface area contributed by atoms with E-state index in [0.717, 1.165) is 67.0 Å². The Morgan fingerprint density at radius 2 is 1.44 bits per heavy atom. The van der Waals surface area contributed by atoms with E-state index in [0.29, 0.717) is 0 Å². The summed E-state index contributed by atoms with van der Waals surface area (Å²) >= 11 is 0. The highest BCUT2D eigenvalue weighted by atomic mass is 16.5. The first-order chi connectivity index (χ1) is 12.3. The van der Waals surface area contributed by atoms with Gasteiger partial charge in [-0.15, -0.1) is 0 Å². The monoisotopic (exact) mass is 337 g/mol. The van der Waals surface area contributed by atoms with E-state index in [4.69, 9.17) is 9.47 Å². The molecular formula is C22H27NO2. The molecule has 0 amide bonds. The molecule has 0 radical (unpaired) electrons. The van der Waals surface area contributed by atoms with Crippen LogP contribution in [0.2, 0.25) is 0 Å². The summed E-state index contributed by atoms with van der Waals surface area (Å²) in [5.74, 6) is 1.68. The molecule has 1 aromatic heterocycles. The Bertz CT molecular complexity index is 745. The van der Waals surface area contributed by atoms with Gasteiger partial charge < -0.3 is 14.5 Å². The number of aromatic amines is 1. The zero-order valence-corrected chi connectivity index (χ0v) is 15.2. The smallest absolute Gasteiger partial charge is 0.163 e. The largest absolute Gasteiger partial charge is 0.490 e. The van der Waals surface area contributed by atoms with Crippen molar-refractivity contribution in [1.82, 2.24) is 4.98 Å². The second kappa shape index (κ2) is 8.61. The summed E-state index contributed by atoms with van der Waals surface area (Å²) < 4.78 is 12.0. The van der Waals surface area contributed by atoms with Gasteiger partial charge in [-0.05, 0) is 30.5 Å². The molecule has 0 fully saturated rings. The predicted octanol–water partition coefficient (Wildman–Crippen LogP) is 6.19. The van der Waals surface area contributed by atoms with Gasteiger partial charge in [0.15, 0.2) is 11.5 Å². The van der Waals surface area contributed by atoms with Crippen LogP contribution in [0.1, 0.15) is 39.5 Å². The van der Waals surface area contributed by atoms with Crippen LogP contribution in [0, 0.1) is 0 Å². The first-order valence-electron chi connectivity index (χ1n) is 9.29. The van der Waals surface area contributed by atoms with Crippen molar-refractivity contribution in [1.29, 1.82) is 0 Å². The maximum absolute atomic E-state index is 5.99. The van der Waals surface area contributed by atoms with Crippen molar-refractivity contribution >= 4 is 10.9 Å². The lowest BCUT2D eigenvalue weighted by atomic mass is 10.1. The molecule has 0 spiro atoms. The van der Waals surface area contributed by atoms with E-state index in [-0.39, 0.29) is 0 Å². The Hall–Kier alpha value is -2.42. The van der Waals surface area contributed by atoms with E-state index >= 15 is 0 Å². The van der Waals surface area contributed by atoms with Crippen molar-refractivity contribution in [2.24, 2.45) is 0 Å². The van der Waals surface area contributed by atoms with E-state index in [1.54, 1.807) is 0 Å². The van der Waals surface area contributed by atoms with E-state index in [1.807, 2.05) is 6.07 Å². The number of aromatic nitrogens is 1. The molecule has 2 aromatic carbocycles. The molecule has 0 aliphatic heterocycles. The van der Waals surface area contributed by atoms with Gasteiger partial charge in [0.05, 0.1) is 13.2 Å². The highest BCUT2D eigenvalue weighted by molar-refractivity contribution is 5.88. The fraction of sp³-hybridized carbons (Fsp3) is 0.364. The van der Waals surface area contributed by atoms with Gasteiger partial charge in [0.2, 0.25) is 0 Å². The molecule has 0 atom stereocenters. The highest BCUT2D eigenvalue weighted by Gasteiger charge is 2.11. The van der Waals surface area contributed by atoms with Gasteiger partial charge in [-0.2, -0.15) is 0 Å². The van der Waals surface area contributed by atoms with Gasteiger partial charge >= 0.3 is 0 Å². The summed E-state index contributed by atoms with van der Waals surface area (Å²) in [7, 11) is 0. The van der Waals surface area contributed by atoms with Gasteiger partial charge in [0.1, 0.15) is 0 Å². The first kappa shape index (κ1) is 17.4. The van der Waals surface area contributed by atoms with Crippen LogP contribution >= 0.6 is 0 Å². The Balaban J connectivity index is 1.91. The Morgan fingerprint density at radius 1 is 0.800 bits per heavy atom. The standard InChI is InChI=1S/C22H27NO2/c1-3-5-12-24-21-15-18-14-19(17-10-8-7-9-11-17)23-20(18)16-22(21)25-13-6-4-2/h7-11,14-16,23H,3-6,12-13H2,1-2H3. The number of hydrogen-bond donors (Lipinski definition) is 1. The molecule has 132 valence electrons. The zero-order valence-electron chi connectivity index (χ0n) is 15.2. The van der Waals surface area contributed by atoms with Crippen molar-refractivity contribution < 1.29 is 9.47 Å². The van der Waals surface area contributed by atoms with Crippen LogP contribution in [0.25, 0.3) is 22.2 Å². The lowest BCUT2D eigenvalue weighted by Crippen LogP contribution is -2.02. The summed E-state index contributed by atoms with van der Waals surface area (Å²) in [4.78, 5) is 3.50. The van der Waals surface area contributed by atoms with E-state index in [1.165, 1.54) is 5.56 Å². The number of benzene rings is 2. The Morgan fingerprint density at radius 3 is 2.08 bits per heavy atom. The molecule has 0 bridgehead atoms. The van der Waals surface area contributed by atoms with Gasteiger partial charge in [0.25, 0.3) is 0 Å². The molecule has 3 rings (SSSR count). The minimum Gasteiger partial charge on any atom is -0.490 e. The molecule has 3 heteroatoms. The average molecular weight is 337 g/mol. The molecule has 1 heterocycles. The maximum atomic E-state index is 5.99. The molecule has 3 aromatic rings. The minimum atomic E-state index is 0.721. The molecule has 1 N–H and O–H groups in total. The molecule has 0 saturated carbocycles. The van der Waals surface area contributed by atoms with Crippen molar-refractivity contribution in [2.45, 2.75) is 39.5 Å². The van der Waals surface area contributed by atoms with Crippen molar-refractivity contribution in [3.63, 3.8) is 0 Å². The molecule has 0 unspecified atom stereocenters. The Kier molecular flexibility index (Phi) is 5.99. The number of hydrogen-bond acceptors (Lipinski definition) is 2. The summed E-state index contributed by atoms with van der Waals surface area (Å²) in [5.41, 5.74) is 3.37. The fourth-order valence-electron chi connectivity index (χ4n) is 2.79. The number of rotatable bonds is 9. The van der Waals surface area contributed by atoms with Crippen LogP contribution < -0.4 is 9.47 Å². The van der Waals surface area contributed by atoms with Gasteiger partial charge in [0, 0.05) is 22.7 Å². The molecule has 25 heavy (non-hydrogen) atoms. The molecule has 0 aliphatic rings. The van der Waals surface area contributed by atoms with Crippen LogP contribution in [0.3, 0.4) is 0 Å². The molecule has 0 saturated heterocycles. The normalized spacial score (nSPS) is 11.0. The van der Waals surface area contributed by atoms with E-state index in [9.17, 15) is 0 Å². The molecular weight excluding hydrogens is 310 g/mol. The van der Waals surface area contributed by atoms with E-state index in [2.05, 4.69) is 61.3 Å². The van der Waals surface area contributed by atoms with Crippen molar-refractivity contribution in [2.75, 3.05) is 13.2 Å². The van der Waals surface area contributed by atoms with Gasteiger partial charge in [-0.25, -0.2) is 0 Å². The third kappa shape index (κ3) is 4.36. The SMILES string of the molecule is CCCCOc1cc2cc(-c3ccccc3)[nH]c2cc1OCCCC. The Labute approximate surface area is 150 Å². The lowest BCUT2D eigenvalue weighted by molar-refractivity contribution is 0.262. The summed E-state index contributed by atoms with van der Waals surface area (Å²) in [6, 6.07) is 16.7. The quantitative estimate of drug-likeness (QED) is 0.472. The number of fused-ring (bicyclic) bond motifs is 1. The van der Waals surface area contributed by atoms with Crippen LogP contribution in [-0.4, -0.2) is 18.2 Å². The second-order valence-corrected chi connectivity index (χ2v) is 6.34. The minimum absolute atomic E-state index is 0.721. The maximum Gasteiger partial charge on any atom is 0.163 e. The average Bonchev–Trinajstić information content (AvgIpc) is 3.06. The lowest BCUT2D eigenvalue weighted by Gasteiger charge is -2.13. The summed E-state index contributed by atoms with van der Waals surface area (Å²) in [6.45, 7) is 5.78. The molecule has 3 nitrogen and oxygen atoms in total.